The van der Waals surface area contributed by atoms with Crippen molar-refractivity contribution in [1.29, 1.82) is 0 Å². The lowest BCUT2D eigenvalue weighted by Gasteiger charge is -2.40. The third-order valence-electron chi connectivity index (χ3n) is 5.34. The third-order valence-corrected chi connectivity index (χ3v) is 5.83. The van der Waals surface area contributed by atoms with Gasteiger partial charge in [0.05, 0.1) is 12.3 Å². The predicted octanol–water partition coefficient (Wildman–Crippen LogP) is 1.75. The summed E-state index contributed by atoms with van der Waals surface area (Å²) < 4.78 is 0.933. The quantitative estimate of drug-likeness (QED) is 0.685. The first-order chi connectivity index (χ1) is 13.0. The first-order valence-electron chi connectivity index (χ1n) is 9.16. The molecule has 0 unspecified atom stereocenters. The summed E-state index contributed by atoms with van der Waals surface area (Å²) in [4.78, 5) is 26.1. The van der Waals surface area contributed by atoms with Crippen LogP contribution in [0.3, 0.4) is 0 Å². The molecule has 1 saturated heterocycles. The summed E-state index contributed by atoms with van der Waals surface area (Å²) in [6.45, 7) is 5.87. The monoisotopic (exact) mass is 430 g/mol. The van der Waals surface area contributed by atoms with E-state index in [-0.39, 0.29) is 17.9 Å². The predicted molar refractivity (Wildman–Crippen MR) is 111 cm³/mol. The number of hydrazone groups is 1. The second-order valence-corrected chi connectivity index (χ2v) is 8.07. The van der Waals surface area contributed by atoms with Crippen LogP contribution in [0.1, 0.15) is 17.3 Å². The Labute approximate surface area is 167 Å². The van der Waals surface area contributed by atoms with Crippen LogP contribution in [0.5, 0.6) is 0 Å². The lowest BCUT2D eigenvalue weighted by Crippen LogP contribution is -2.56. The van der Waals surface area contributed by atoms with Crippen LogP contribution in [0, 0.1) is 0 Å². The highest BCUT2D eigenvalue weighted by Gasteiger charge is 2.41. The zero-order valence-corrected chi connectivity index (χ0v) is 17.1. The molecule has 3 aliphatic rings. The van der Waals surface area contributed by atoms with E-state index in [2.05, 4.69) is 40.8 Å². The van der Waals surface area contributed by atoms with Gasteiger partial charge in [0.2, 0.25) is 0 Å². The number of hydrogen-bond acceptors (Lipinski definition) is 7. The van der Waals surface area contributed by atoms with Gasteiger partial charge < -0.3 is 4.90 Å². The SMILES string of the molecule is CC1=NN(C)[C@@H]2C(N3CCN(CC(=O)c4cccc(Br)c4)CC3)=NC=N[C@@H]12. The minimum absolute atomic E-state index is 0.0682. The normalized spacial score (nSPS) is 25.3. The maximum atomic E-state index is 12.5. The first kappa shape index (κ1) is 18.3. The number of fused-ring (bicyclic) bond motifs is 1. The molecule has 7 nitrogen and oxygen atoms in total. The standard InChI is InChI=1S/C19H23BrN6O/c1-13-17-18(24(2)23-13)19(22-12-21-17)26-8-6-25(7-9-26)11-16(27)14-4-3-5-15(20)10-14/h3-5,10,12,17-18H,6-9,11H2,1-2H3/t17-,18-/m0/s1. The van der Waals surface area contributed by atoms with Gasteiger partial charge >= 0.3 is 0 Å². The number of rotatable bonds is 3. The summed E-state index contributed by atoms with van der Waals surface area (Å²) in [6, 6.07) is 7.74. The van der Waals surface area contributed by atoms with Gasteiger partial charge in [0.15, 0.2) is 5.78 Å². The topological polar surface area (TPSA) is 63.9 Å². The number of carbonyl (C=O) groups is 1. The maximum absolute atomic E-state index is 12.5. The van der Waals surface area contributed by atoms with E-state index in [9.17, 15) is 4.79 Å². The summed E-state index contributed by atoms with van der Waals surface area (Å²) in [5, 5.41) is 6.51. The number of amidine groups is 1. The van der Waals surface area contributed by atoms with E-state index < -0.39 is 0 Å². The lowest BCUT2D eigenvalue weighted by molar-refractivity contribution is 0.0894. The molecular formula is C19H23BrN6O. The van der Waals surface area contributed by atoms with E-state index in [0.717, 1.165) is 47.8 Å². The van der Waals surface area contributed by atoms with Crippen molar-refractivity contribution in [3.05, 3.63) is 34.3 Å². The molecule has 0 amide bonds. The van der Waals surface area contributed by atoms with Crippen molar-refractivity contribution >= 4 is 39.6 Å². The number of nitrogens with zero attached hydrogens (tertiary/aromatic N) is 6. The van der Waals surface area contributed by atoms with Gasteiger partial charge in [-0.3, -0.25) is 19.7 Å². The first-order valence-corrected chi connectivity index (χ1v) is 9.95. The van der Waals surface area contributed by atoms with Crippen molar-refractivity contribution < 1.29 is 4.79 Å². The lowest BCUT2D eigenvalue weighted by atomic mass is 10.0. The van der Waals surface area contributed by atoms with E-state index in [1.165, 1.54) is 0 Å². The van der Waals surface area contributed by atoms with Crippen LogP contribution in [0.4, 0.5) is 0 Å². The van der Waals surface area contributed by atoms with Gasteiger partial charge in [0.25, 0.3) is 0 Å². The van der Waals surface area contributed by atoms with Crippen molar-refractivity contribution in [1.82, 2.24) is 14.8 Å². The van der Waals surface area contributed by atoms with E-state index >= 15 is 0 Å². The van der Waals surface area contributed by atoms with Crippen LogP contribution in [-0.2, 0) is 0 Å². The maximum Gasteiger partial charge on any atom is 0.176 e. The van der Waals surface area contributed by atoms with Crippen molar-refractivity contribution in [3.63, 3.8) is 0 Å². The largest absolute Gasteiger partial charge is 0.356 e. The highest BCUT2D eigenvalue weighted by Crippen LogP contribution is 2.23. The summed E-state index contributed by atoms with van der Waals surface area (Å²) in [5.74, 6) is 1.20. The Hall–Kier alpha value is -2.06. The molecule has 0 bridgehead atoms. The molecule has 0 N–H and O–H groups in total. The van der Waals surface area contributed by atoms with Gasteiger partial charge in [-0.1, -0.05) is 28.1 Å². The molecule has 1 fully saturated rings. The number of carbonyl (C=O) groups excluding carboxylic acids is 1. The molecule has 0 aliphatic carbocycles. The Morgan fingerprint density at radius 3 is 2.78 bits per heavy atom. The van der Waals surface area contributed by atoms with Crippen molar-refractivity contribution in [2.75, 3.05) is 39.8 Å². The van der Waals surface area contributed by atoms with E-state index in [1.54, 1.807) is 6.34 Å². The molecule has 1 aromatic carbocycles. The van der Waals surface area contributed by atoms with Crippen LogP contribution in [0.2, 0.25) is 0 Å². The smallest absolute Gasteiger partial charge is 0.176 e. The highest BCUT2D eigenvalue weighted by atomic mass is 79.9. The fourth-order valence-corrected chi connectivity index (χ4v) is 4.30. The second-order valence-electron chi connectivity index (χ2n) is 7.15. The molecule has 0 aromatic heterocycles. The van der Waals surface area contributed by atoms with Gasteiger partial charge in [-0.15, -0.1) is 0 Å². The number of aliphatic imine (C=N–C) groups is 2. The highest BCUT2D eigenvalue weighted by molar-refractivity contribution is 9.10. The van der Waals surface area contributed by atoms with Crippen LogP contribution in [-0.4, -0.2) is 90.3 Å². The molecule has 0 spiro atoms. The summed E-state index contributed by atoms with van der Waals surface area (Å²) in [7, 11) is 1.98. The summed E-state index contributed by atoms with van der Waals surface area (Å²) in [5.41, 5.74) is 1.78. The minimum Gasteiger partial charge on any atom is -0.356 e. The van der Waals surface area contributed by atoms with Gasteiger partial charge in [-0.05, 0) is 19.1 Å². The summed E-state index contributed by atoms with van der Waals surface area (Å²) in [6.07, 6.45) is 1.66. The molecule has 142 valence electrons. The van der Waals surface area contributed by atoms with Crippen molar-refractivity contribution in [2.24, 2.45) is 15.1 Å². The summed E-state index contributed by atoms with van der Waals surface area (Å²) >= 11 is 3.43. The number of ketones is 1. The van der Waals surface area contributed by atoms with Crippen LogP contribution in [0.25, 0.3) is 0 Å². The van der Waals surface area contributed by atoms with E-state index in [0.29, 0.717) is 6.54 Å². The second kappa shape index (κ2) is 7.52. The third kappa shape index (κ3) is 3.68. The van der Waals surface area contributed by atoms with Crippen molar-refractivity contribution in [3.8, 4) is 0 Å². The van der Waals surface area contributed by atoms with Crippen LogP contribution >= 0.6 is 15.9 Å². The Morgan fingerprint density at radius 1 is 1.26 bits per heavy atom. The minimum atomic E-state index is 0.0682. The molecule has 0 saturated carbocycles. The number of benzene rings is 1. The number of halogens is 1. The Bertz CT molecular complexity index is 827. The molecule has 4 rings (SSSR count). The molecule has 8 heteroatoms. The van der Waals surface area contributed by atoms with Crippen LogP contribution < -0.4 is 0 Å². The number of likely N-dealkylation sites (N-methyl/N-ethyl adjacent to an activating group) is 1. The number of piperazine rings is 1. The molecule has 2 atom stereocenters. The van der Waals surface area contributed by atoms with Gasteiger partial charge in [-0.25, -0.2) is 4.99 Å². The average Bonchev–Trinajstić information content (AvgIpc) is 2.97. The molecule has 0 radical (unpaired) electrons. The van der Waals surface area contributed by atoms with Crippen LogP contribution in [0.15, 0.2) is 43.8 Å². The number of hydrogen-bond donors (Lipinski definition) is 0. The van der Waals surface area contributed by atoms with E-state index in [1.807, 2.05) is 43.2 Å². The molecule has 27 heavy (non-hydrogen) atoms. The fraction of sp³-hybridized carbons (Fsp3) is 0.474. The average molecular weight is 431 g/mol. The molecule has 1 aromatic rings. The number of Topliss-reactive ketones (excluding diaryl/α,β-unsaturated/α-hetero) is 1. The Kier molecular flexibility index (Phi) is 5.10. The molecule has 3 heterocycles. The zero-order valence-electron chi connectivity index (χ0n) is 15.5. The Balaban J connectivity index is 1.36. The van der Waals surface area contributed by atoms with E-state index in [4.69, 9.17) is 0 Å². The molecule has 3 aliphatic heterocycles. The van der Waals surface area contributed by atoms with Gasteiger partial charge in [0.1, 0.15) is 24.3 Å². The fourth-order valence-electron chi connectivity index (χ4n) is 3.90. The van der Waals surface area contributed by atoms with Gasteiger partial charge in [0, 0.05) is 43.3 Å². The van der Waals surface area contributed by atoms with Crippen molar-refractivity contribution in [2.45, 2.75) is 19.0 Å². The van der Waals surface area contributed by atoms with Gasteiger partial charge in [-0.2, -0.15) is 5.10 Å². The Morgan fingerprint density at radius 2 is 2.04 bits per heavy atom. The zero-order chi connectivity index (χ0) is 19.0. The molecular weight excluding hydrogens is 408 g/mol.